The van der Waals surface area contributed by atoms with E-state index in [0.29, 0.717) is 24.7 Å². The van der Waals surface area contributed by atoms with E-state index in [9.17, 15) is 13.6 Å². The van der Waals surface area contributed by atoms with Gasteiger partial charge in [0.1, 0.15) is 23.0 Å². The third-order valence-corrected chi connectivity index (χ3v) is 7.36. The first-order valence-electron chi connectivity index (χ1n) is 12.0. The normalized spacial score (nSPS) is 19.7. The van der Waals surface area contributed by atoms with E-state index in [1.807, 2.05) is 48.7 Å². The van der Waals surface area contributed by atoms with Crippen LogP contribution in [0.5, 0.6) is 0 Å². The monoisotopic (exact) mass is 507 g/mol. The van der Waals surface area contributed by atoms with Crippen molar-refractivity contribution in [1.29, 1.82) is 0 Å². The summed E-state index contributed by atoms with van der Waals surface area (Å²) in [6.07, 6.45) is 3.72. The number of likely N-dealkylation sites (tertiary alicyclic amines) is 1. The number of rotatable bonds is 4. The van der Waals surface area contributed by atoms with Crippen molar-refractivity contribution in [2.75, 3.05) is 18.4 Å². The van der Waals surface area contributed by atoms with Crippen molar-refractivity contribution >= 4 is 29.0 Å². The second kappa shape index (κ2) is 9.19. The molecule has 2 aromatic carbocycles. The van der Waals surface area contributed by atoms with Crippen LogP contribution in [0.15, 0.2) is 66.9 Å². The summed E-state index contributed by atoms with van der Waals surface area (Å²) in [6, 6.07) is 16.6. The lowest BCUT2D eigenvalue weighted by Gasteiger charge is -2.41. The number of hydrogen-bond donors (Lipinski definition) is 1. The van der Waals surface area contributed by atoms with E-state index in [1.54, 1.807) is 4.90 Å². The van der Waals surface area contributed by atoms with Crippen LogP contribution >= 0.6 is 11.6 Å². The van der Waals surface area contributed by atoms with Crippen LogP contribution in [0.1, 0.15) is 18.5 Å². The third kappa shape index (κ3) is 4.10. The Morgan fingerprint density at radius 3 is 2.36 bits per heavy atom. The van der Waals surface area contributed by atoms with E-state index in [-0.39, 0.29) is 12.1 Å². The average molecular weight is 508 g/mol. The molecule has 2 aliphatic heterocycles. The van der Waals surface area contributed by atoms with Gasteiger partial charge in [-0.05, 0) is 49.2 Å². The van der Waals surface area contributed by atoms with Crippen LogP contribution in [0.4, 0.5) is 19.3 Å². The van der Waals surface area contributed by atoms with Crippen molar-refractivity contribution in [2.45, 2.75) is 31.5 Å². The van der Waals surface area contributed by atoms with Gasteiger partial charge in [-0.15, -0.1) is 0 Å². The Morgan fingerprint density at radius 1 is 0.972 bits per heavy atom. The molecule has 2 atom stereocenters. The van der Waals surface area contributed by atoms with Crippen LogP contribution in [-0.4, -0.2) is 50.4 Å². The number of carbonyl (C=O) groups excluding carboxylic acids is 1. The van der Waals surface area contributed by atoms with Gasteiger partial charge in [0.15, 0.2) is 0 Å². The number of nitrogens with one attached hydrogen (secondary N) is 1. The fourth-order valence-electron chi connectivity index (χ4n) is 5.49. The SMILES string of the molecule is O=C(Nc1c(F)cccc1F)N1C2CCC1CN(Cc1c(-c3ccc(Cl)cc3)nc3ccccn13)C2. The molecule has 1 N–H and O–H groups in total. The molecule has 2 fully saturated rings. The average Bonchev–Trinajstić information content (AvgIpc) is 3.36. The molecule has 0 radical (unpaired) electrons. The molecule has 4 heterocycles. The van der Waals surface area contributed by atoms with Crippen molar-refractivity contribution in [1.82, 2.24) is 19.2 Å². The van der Waals surface area contributed by atoms with Gasteiger partial charge in [-0.2, -0.15) is 0 Å². The van der Waals surface area contributed by atoms with E-state index in [1.165, 1.54) is 6.07 Å². The Kier molecular flexibility index (Phi) is 5.85. The van der Waals surface area contributed by atoms with Gasteiger partial charge < -0.3 is 14.6 Å². The number of benzene rings is 2. The van der Waals surface area contributed by atoms with Gasteiger partial charge >= 0.3 is 6.03 Å². The number of anilines is 1. The first kappa shape index (κ1) is 22.9. The van der Waals surface area contributed by atoms with Crippen LogP contribution in [0.2, 0.25) is 5.02 Å². The number of carbonyl (C=O) groups is 1. The summed E-state index contributed by atoms with van der Waals surface area (Å²) in [6.45, 7) is 2.00. The Bertz CT molecular complexity index is 1410. The summed E-state index contributed by atoms with van der Waals surface area (Å²) in [5.41, 5.74) is 3.43. The highest BCUT2D eigenvalue weighted by molar-refractivity contribution is 6.30. The molecule has 9 heteroatoms. The molecule has 2 aliphatic rings. The number of aromatic nitrogens is 2. The number of urea groups is 1. The van der Waals surface area contributed by atoms with Crippen molar-refractivity contribution < 1.29 is 13.6 Å². The van der Waals surface area contributed by atoms with E-state index < -0.39 is 23.4 Å². The van der Waals surface area contributed by atoms with Gasteiger partial charge in [-0.3, -0.25) is 4.90 Å². The quantitative estimate of drug-likeness (QED) is 0.379. The molecule has 2 unspecified atom stereocenters. The van der Waals surface area contributed by atoms with Crippen molar-refractivity contribution in [3.63, 3.8) is 0 Å². The lowest BCUT2D eigenvalue weighted by molar-refractivity contribution is 0.0893. The smallest absolute Gasteiger partial charge is 0.316 e. The first-order chi connectivity index (χ1) is 17.5. The second-order valence-corrected chi connectivity index (χ2v) is 9.79. The summed E-state index contributed by atoms with van der Waals surface area (Å²) in [5, 5.41) is 3.13. The highest BCUT2D eigenvalue weighted by atomic mass is 35.5. The minimum Gasteiger partial charge on any atom is -0.316 e. The van der Waals surface area contributed by atoms with E-state index in [2.05, 4.69) is 14.6 Å². The molecule has 4 aromatic rings. The number of halogens is 3. The zero-order valence-electron chi connectivity index (χ0n) is 19.4. The Balaban J connectivity index is 1.24. The summed E-state index contributed by atoms with van der Waals surface area (Å²) in [5.74, 6) is -1.56. The molecule has 184 valence electrons. The summed E-state index contributed by atoms with van der Waals surface area (Å²) >= 11 is 6.11. The molecule has 0 spiro atoms. The maximum absolute atomic E-state index is 14.1. The molecular weight excluding hydrogens is 484 g/mol. The van der Waals surface area contributed by atoms with Crippen LogP contribution in [-0.2, 0) is 6.54 Å². The molecule has 2 bridgehead atoms. The fraction of sp³-hybridized carbons (Fsp3) is 0.259. The Morgan fingerprint density at radius 2 is 1.67 bits per heavy atom. The van der Waals surface area contributed by atoms with E-state index in [4.69, 9.17) is 16.6 Å². The zero-order chi connectivity index (χ0) is 24.8. The summed E-state index contributed by atoms with van der Waals surface area (Å²) in [4.78, 5) is 22.0. The number of pyridine rings is 1. The molecule has 6 nitrogen and oxygen atoms in total. The topological polar surface area (TPSA) is 52.9 Å². The van der Waals surface area contributed by atoms with E-state index in [0.717, 1.165) is 47.6 Å². The van der Waals surface area contributed by atoms with Crippen molar-refractivity contribution in [2.24, 2.45) is 0 Å². The molecule has 0 saturated carbocycles. The van der Waals surface area contributed by atoms with Gasteiger partial charge in [0, 0.05) is 48.5 Å². The van der Waals surface area contributed by atoms with Crippen LogP contribution in [0, 0.1) is 11.6 Å². The van der Waals surface area contributed by atoms with E-state index >= 15 is 0 Å². The molecule has 36 heavy (non-hydrogen) atoms. The number of para-hydroxylation sites is 1. The Labute approximate surface area is 212 Å². The van der Waals surface area contributed by atoms with Crippen molar-refractivity contribution in [3.8, 4) is 11.3 Å². The van der Waals surface area contributed by atoms with Crippen molar-refractivity contribution in [3.05, 3.63) is 89.2 Å². The standard InChI is InChI=1S/C27H24ClF2N5O/c28-18-9-7-17(8-10-18)25-23(34-13-2-1-6-24(34)31-25)16-33-14-19-11-12-20(15-33)35(19)27(36)32-26-21(29)4-3-5-22(26)30/h1-10,13,19-20H,11-12,14-16H2,(H,32,36). The third-order valence-electron chi connectivity index (χ3n) is 7.11. The maximum atomic E-state index is 14.1. The fourth-order valence-corrected chi connectivity index (χ4v) is 5.61. The second-order valence-electron chi connectivity index (χ2n) is 9.36. The molecular formula is C27H24ClF2N5O. The number of imidazole rings is 1. The maximum Gasteiger partial charge on any atom is 0.322 e. The lowest BCUT2D eigenvalue weighted by atomic mass is 10.1. The molecule has 6 rings (SSSR count). The van der Waals surface area contributed by atoms with Gasteiger partial charge in [0.05, 0.1) is 11.4 Å². The predicted octanol–water partition coefficient (Wildman–Crippen LogP) is 5.81. The highest BCUT2D eigenvalue weighted by Gasteiger charge is 2.43. The molecule has 2 amide bonds. The molecule has 2 aromatic heterocycles. The predicted molar refractivity (Wildman–Crippen MR) is 135 cm³/mol. The number of nitrogens with zero attached hydrogens (tertiary/aromatic N) is 4. The van der Waals surface area contributed by atoms with Crippen LogP contribution < -0.4 is 5.32 Å². The highest BCUT2D eigenvalue weighted by Crippen LogP contribution is 2.34. The van der Waals surface area contributed by atoms with Crippen LogP contribution in [0.3, 0.4) is 0 Å². The number of piperazine rings is 1. The minimum absolute atomic E-state index is 0.0308. The summed E-state index contributed by atoms with van der Waals surface area (Å²) in [7, 11) is 0. The van der Waals surface area contributed by atoms with Gasteiger partial charge in [0.2, 0.25) is 0 Å². The molecule has 2 saturated heterocycles. The number of fused-ring (bicyclic) bond motifs is 3. The number of hydrogen-bond acceptors (Lipinski definition) is 3. The largest absolute Gasteiger partial charge is 0.322 e. The lowest BCUT2D eigenvalue weighted by Crippen LogP contribution is -2.56. The summed E-state index contributed by atoms with van der Waals surface area (Å²) < 4.78 is 30.3. The van der Waals surface area contributed by atoms with Gasteiger partial charge in [0.25, 0.3) is 0 Å². The first-order valence-corrected chi connectivity index (χ1v) is 12.3. The van der Waals surface area contributed by atoms with Gasteiger partial charge in [-0.1, -0.05) is 35.9 Å². The molecule has 0 aliphatic carbocycles. The van der Waals surface area contributed by atoms with Gasteiger partial charge in [-0.25, -0.2) is 18.6 Å². The zero-order valence-corrected chi connectivity index (χ0v) is 20.1. The minimum atomic E-state index is -0.781. The Hall–Kier alpha value is -3.49. The number of amides is 2. The van der Waals surface area contributed by atoms with Crippen LogP contribution in [0.25, 0.3) is 16.9 Å².